The van der Waals surface area contributed by atoms with Crippen LogP contribution in [0.15, 0.2) is 12.1 Å². The summed E-state index contributed by atoms with van der Waals surface area (Å²) in [6.45, 7) is 4.66. The van der Waals surface area contributed by atoms with E-state index in [0.717, 1.165) is 11.6 Å². The molecule has 3 atom stereocenters. The second-order valence-corrected chi connectivity index (χ2v) is 6.06. The number of methoxy groups -OCH3 is 3. The standard InChI is InChI=1S/C17H27NO3/c1-11-6-7-14(12(2)8-11)18-13-9-15(19-3)17(21-5)16(10-13)20-4/h9-12,14,18H,6-8H2,1-5H3. The summed E-state index contributed by atoms with van der Waals surface area (Å²) in [5.74, 6) is 3.52. The molecular formula is C17H27NO3. The minimum Gasteiger partial charge on any atom is -0.493 e. The summed E-state index contributed by atoms with van der Waals surface area (Å²) in [6.07, 6.45) is 3.77. The summed E-state index contributed by atoms with van der Waals surface area (Å²) in [7, 11) is 4.91. The highest BCUT2D eigenvalue weighted by molar-refractivity contribution is 5.62. The maximum absolute atomic E-state index is 5.41. The fourth-order valence-corrected chi connectivity index (χ4v) is 3.26. The van der Waals surface area contributed by atoms with Gasteiger partial charge in [0.05, 0.1) is 21.3 Å². The Labute approximate surface area is 127 Å². The summed E-state index contributed by atoms with van der Waals surface area (Å²) < 4.78 is 16.2. The Kier molecular flexibility index (Phi) is 5.21. The molecule has 118 valence electrons. The lowest BCUT2D eigenvalue weighted by Gasteiger charge is -2.34. The molecule has 4 nitrogen and oxygen atoms in total. The van der Waals surface area contributed by atoms with E-state index in [4.69, 9.17) is 14.2 Å². The Morgan fingerprint density at radius 3 is 2.05 bits per heavy atom. The normalized spacial score (nSPS) is 25.3. The molecule has 0 radical (unpaired) electrons. The van der Waals surface area contributed by atoms with E-state index in [1.807, 2.05) is 12.1 Å². The van der Waals surface area contributed by atoms with Crippen molar-refractivity contribution < 1.29 is 14.2 Å². The predicted molar refractivity (Wildman–Crippen MR) is 85.7 cm³/mol. The molecule has 0 saturated heterocycles. The molecule has 0 bridgehead atoms. The number of nitrogens with one attached hydrogen (secondary N) is 1. The van der Waals surface area contributed by atoms with Crippen LogP contribution in [0.2, 0.25) is 0 Å². The first-order valence-corrected chi connectivity index (χ1v) is 7.65. The lowest BCUT2D eigenvalue weighted by molar-refractivity contribution is 0.276. The first-order valence-electron chi connectivity index (χ1n) is 7.65. The van der Waals surface area contributed by atoms with Gasteiger partial charge in [-0.3, -0.25) is 0 Å². The van der Waals surface area contributed by atoms with Gasteiger partial charge < -0.3 is 19.5 Å². The van der Waals surface area contributed by atoms with Crippen molar-refractivity contribution in [3.63, 3.8) is 0 Å². The van der Waals surface area contributed by atoms with E-state index in [-0.39, 0.29) is 0 Å². The molecule has 1 aliphatic rings. The maximum Gasteiger partial charge on any atom is 0.203 e. The van der Waals surface area contributed by atoms with Crippen LogP contribution in [0.5, 0.6) is 17.2 Å². The molecule has 1 aliphatic carbocycles. The number of hydrogen-bond acceptors (Lipinski definition) is 4. The van der Waals surface area contributed by atoms with E-state index in [9.17, 15) is 0 Å². The molecule has 3 unspecified atom stereocenters. The third-order valence-electron chi connectivity index (χ3n) is 4.45. The smallest absolute Gasteiger partial charge is 0.203 e. The van der Waals surface area contributed by atoms with Crippen LogP contribution in [0.4, 0.5) is 5.69 Å². The topological polar surface area (TPSA) is 39.7 Å². The summed E-state index contributed by atoms with van der Waals surface area (Å²) >= 11 is 0. The van der Waals surface area contributed by atoms with Gasteiger partial charge in [0.25, 0.3) is 0 Å². The molecule has 0 aliphatic heterocycles. The van der Waals surface area contributed by atoms with Crippen LogP contribution in [0.25, 0.3) is 0 Å². The van der Waals surface area contributed by atoms with E-state index in [1.54, 1.807) is 21.3 Å². The third kappa shape index (κ3) is 3.55. The largest absolute Gasteiger partial charge is 0.493 e. The fraction of sp³-hybridized carbons (Fsp3) is 0.647. The van der Waals surface area contributed by atoms with Gasteiger partial charge in [0.15, 0.2) is 11.5 Å². The van der Waals surface area contributed by atoms with Crippen LogP contribution in [-0.2, 0) is 0 Å². The molecule has 1 fully saturated rings. The van der Waals surface area contributed by atoms with Crippen molar-refractivity contribution in [1.82, 2.24) is 0 Å². The highest BCUT2D eigenvalue weighted by atomic mass is 16.5. The van der Waals surface area contributed by atoms with E-state index < -0.39 is 0 Å². The van der Waals surface area contributed by atoms with Crippen LogP contribution in [0.1, 0.15) is 33.1 Å². The average molecular weight is 293 g/mol. The summed E-state index contributed by atoms with van der Waals surface area (Å²) in [5.41, 5.74) is 1.02. The minimum atomic E-state index is 0.504. The number of benzene rings is 1. The first-order chi connectivity index (χ1) is 10.1. The minimum absolute atomic E-state index is 0.504. The van der Waals surface area contributed by atoms with Gasteiger partial charge in [0, 0.05) is 23.9 Å². The highest BCUT2D eigenvalue weighted by Crippen LogP contribution is 2.41. The Hall–Kier alpha value is -1.58. The maximum atomic E-state index is 5.41. The van der Waals surface area contributed by atoms with Crippen molar-refractivity contribution in [3.8, 4) is 17.2 Å². The van der Waals surface area contributed by atoms with E-state index in [2.05, 4.69) is 19.2 Å². The zero-order valence-corrected chi connectivity index (χ0v) is 13.7. The Morgan fingerprint density at radius 2 is 1.57 bits per heavy atom. The molecule has 1 aromatic carbocycles. The Balaban J connectivity index is 2.20. The van der Waals surface area contributed by atoms with Crippen molar-refractivity contribution >= 4 is 5.69 Å². The van der Waals surface area contributed by atoms with Crippen LogP contribution < -0.4 is 19.5 Å². The van der Waals surface area contributed by atoms with Gasteiger partial charge >= 0.3 is 0 Å². The summed E-state index contributed by atoms with van der Waals surface area (Å²) in [4.78, 5) is 0. The quantitative estimate of drug-likeness (QED) is 0.892. The van der Waals surface area contributed by atoms with E-state index in [1.165, 1.54) is 19.3 Å². The van der Waals surface area contributed by atoms with Crippen LogP contribution >= 0.6 is 0 Å². The van der Waals surface area contributed by atoms with Gasteiger partial charge in [-0.1, -0.05) is 13.8 Å². The molecular weight excluding hydrogens is 266 g/mol. The number of rotatable bonds is 5. The van der Waals surface area contributed by atoms with Crippen molar-refractivity contribution in [3.05, 3.63) is 12.1 Å². The van der Waals surface area contributed by atoms with Gasteiger partial charge in [-0.25, -0.2) is 0 Å². The zero-order valence-electron chi connectivity index (χ0n) is 13.7. The van der Waals surface area contributed by atoms with Crippen LogP contribution in [0.3, 0.4) is 0 Å². The molecule has 0 aromatic heterocycles. The molecule has 1 saturated carbocycles. The van der Waals surface area contributed by atoms with Gasteiger partial charge in [0.1, 0.15) is 0 Å². The number of ether oxygens (including phenoxy) is 3. The average Bonchev–Trinajstić information content (AvgIpc) is 2.49. The lowest BCUT2D eigenvalue weighted by Crippen LogP contribution is -2.33. The van der Waals surface area contributed by atoms with Gasteiger partial charge in [-0.15, -0.1) is 0 Å². The van der Waals surface area contributed by atoms with E-state index >= 15 is 0 Å². The molecule has 1 aromatic rings. The van der Waals surface area contributed by atoms with Crippen molar-refractivity contribution in [2.75, 3.05) is 26.6 Å². The van der Waals surface area contributed by atoms with Crippen molar-refractivity contribution in [1.29, 1.82) is 0 Å². The summed E-state index contributed by atoms with van der Waals surface area (Å²) in [5, 5.41) is 3.64. The monoisotopic (exact) mass is 293 g/mol. The first kappa shape index (κ1) is 15.8. The van der Waals surface area contributed by atoms with Crippen molar-refractivity contribution in [2.45, 2.75) is 39.2 Å². The molecule has 0 amide bonds. The molecule has 1 N–H and O–H groups in total. The van der Waals surface area contributed by atoms with Crippen LogP contribution in [0, 0.1) is 11.8 Å². The highest BCUT2D eigenvalue weighted by Gasteiger charge is 2.25. The molecule has 21 heavy (non-hydrogen) atoms. The van der Waals surface area contributed by atoms with E-state index in [0.29, 0.717) is 29.2 Å². The zero-order chi connectivity index (χ0) is 15.4. The Morgan fingerprint density at radius 1 is 0.952 bits per heavy atom. The number of hydrogen-bond donors (Lipinski definition) is 1. The van der Waals surface area contributed by atoms with Gasteiger partial charge in [0.2, 0.25) is 5.75 Å². The SMILES string of the molecule is COc1cc(NC2CCC(C)CC2C)cc(OC)c1OC. The van der Waals surface area contributed by atoms with Gasteiger partial charge in [-0.2, -0.15) is 0 Å². The summed E-state index contributed by atoms with van der Waals surface area (Å²) in [6, 6.07) is 4.46. The second kappa shape index (κ2) is 6.92. The molecule has 0 spiro atoms. The van der Waals surface area contributed by atoms with Crippen LogP contribution in [-0.4, -0.2) is 27.4 Å². The predicted octanol–water partition coefficient (Wildman–Crippen LogP) is 3.95. The van der Waals surface area contributed by atoms with Crippen molar-refractivity contribution in [2.24, 2.45) is 11.8 Å². The Bertz CT molecular complexity index is 450. The molecule has 4 heteroatoms. The molecule has 2 rings (SSSR count). The lowest BCUT2D eigenvalue weighted by atomic mass is 9.80. The van der Waals surface area contributed by atoms with Gasteiger partial charge in [-0.05, 0) is 31.1 Å². The molecule has 0 heterocycles. The third-order valence-corrected chi connectivity index (χ3v) is 4.45. The second-order valence-electron chi connectivity index (χ2n) is 6.06. The number of anilines is 1. The fourth-order valence-electron chi connectivity index (χ4n) is 3.26.